The first-order chi connectivity index (χ1) is 11.9. The Labute approximate surface area is 151 Å². The lowest BCUT2D eigenvalue weighted by Crippen LogP contribution is -2.54. The summed E-state index contributed by atoms with van der Waals surface area (Å²) in [6.45, 7) is 6.11. The highest BCUT2D eigenvalue weighted by molar-refractivity contribution is 6.91. The Kier molecular flexibility index (Phi) is 7.38. The van der Waals surface area contributed by atoms with Gasteiger partial charge in [-0.2, -0.15) is 26.3 Å². The Hall–Kier alpha value is -1.02. The first-order valence-corrected chi connectivity index (χ1v) is 11.5. The van der Waals surface area contributed by atoms with Crippen LogP contribution in [0.1, 0.15) is 45.6 Å². The number of benzene rings is 1. The Balaban J connectivity index is 3.43. The van der Waals surface area contributed by atoms with Gasteiger partial charge in [0.25, 0.3) is 5.60 Å². The molecule has 1 N–H and O–H groups in total. The highest BCUT2D eigenvalue weighted by Crippen LogP contribution is 2.49. The predicted molar refractivity (Wildman–Crippen MR) is 93.1 cm³/mol. The maximum absolute atomic E-state index is 13.0. The summed E-state index contributed by atoms with van der Waals surface area (Å²) in [5, 5.41) is 10.4. The topological polar surface area (TPSA) is 20.2 Å². The molecule has 0 radical (unpaired) electrons. The van der Waals surface area contributed by atoms with Gasteiger partial charge < -0.3 is 5.11 Å². The monoisotopic (exact) mass is 400 g/mol. The fourth-order valence-electron chi connectivity index (χ4n) is 3.80. The second-order valence-corrected chi connectivity index (χ2v) is 11.5. The normalized spacial score (nSPS) is 13.9. The van der Waals surface area contributed by atoms with Gasteiger partial charge in [0, 0.05) is 5.56 Å². The van der Waals surface area contributed by atoms with E-state index in [2.05, 4.69) is 0 Å². The molecule has 0 heterocycles. The third-order valence-corrected chi connectivity index (χ3v) is 10.9. The van der Waals surface area contributed by atoms with E-state index in [0.717, 1.165) is 54.7 Å². The first kappa shape index (κ1) is 23.0. The van der Waals surface area contributed by atoms with Crippen LogP contribution in [0.4, 0.5) is 26.3 Å². The summed E-state index contributed by atoms with van der Waals surface area (Å²) in [7, 11) is -1.99. The SMILES string of the molecule is CCC[Si](CCC)(CCC)c1ccc(C(O)(C(F)(F)F)C(F)(F)F)cc1. The number of aliphatic hydroxyl groups is 1. The highest BCUT2D eigenvalue weighted by Gasteiger charge is 2.71. The molecule has 1 rings (SSSR count). The molecule has 0 unspecified atom stereocenters. The van der Waals surface area contributed by atoms with E-state index in [9.17, 15) is 31.4 Å². The Bertz CT molecular complexity index is 534. The zero-order chi connectivity index (χ0) is 20.2. The van der Waals surface area contributed by atoms with Crippen molar-refractivity contribution in [3.05, 3.63) is 29.8 Å². The van der Waals surface area contributed by atoms with Gasteiger partial charge in [-0.15, -0.1) is 0 Å². The molecule has 0 aliphatic carbocycles. The van der Waals surface area contributed by atoms with Crippen molar-refractivity contribution >= 4 is 13.3 Å². The van der Waals surface area contributed by atoms with Gasteiger partial charge in [0.05, 0.1) is 8.07 Å². The first-order valence-electron chi connectivity index (χ1n) is 8.86. The molecule has 0 saturated carbocycles. The maximum atomic E-state index is 13.0. The van der Waals surface area contributed by atoms with Crippen molar-refractivity contribution in [2.45, 2.75) is 76.1 Å². The van der Waals surface area contributed by atoms with E-state index in [0.29, 0.717) is 0 Å². The average Bonchev–Trinajstić information content (AvgIpc) is 2.52. The zero-order valence-corrected chi connectivity index (χ0v) is 16.3. The van der Waals surface area contributed by atoms with E-state index in [4.69, 9.17) is 0 Å². The Morgan fingerprint density at radius 2 is 1.08 bits per heavy atom. The second kappa shape index (κ2) is 8.33. The van der Waals surface area contributed by atoms with Crippen LogP contribution < -0.4 is 5.19 Å². The number of alkyl halides is 6. The second-order valence-electron chi connectivity index (χ2n) is 6.81. The molecule has 0 aliphatic heterocycles. The van der Waals surface area contributed by atoms with Gasteiger partial charge in [0.1, 0.15) is 0 Å². The lowest BCUT2D eigenvalue weighted by molar-refractivity contribution is -0.376. The van der Waals surface area contributed by atoms with Crippen LogP contribution in [-0.2, 0) is 5.60 Å². The average molecular weight is 400 g/mol. The van der Waals surface area contributed by atoms with Crippen LogP contribution in [0.2, 0.25) is 18.1 Å². The Morgan fingerprint density at radius 3 is 1.35 bits per heavy atom. The standard InChI is InChI=1S/C18H26F6OSi/c1-4-11-26(12-5-2,13-6-3)15-9-7-14(8-10-15)16(25,17(19,20)21)18(22,23)24/h7-10,25H,4-6,11-13H2,1-3H3. The van der Waals surface area contributed by atoms with Gasteiger partial charge in [-0.05, 0) is 0 Å². The lowest BCUT2D eigenvalue weighted by Gasteiger charge is -2.35. The molecule has 26 heavy (non-hydrogen) atoms. The minimum Gasteiger partial charge on any atom is -0.369 e. The van der Waals surface area contributed by atoms with Crippen molar-refractivity contribution in [2.75, 3.05) is 0 Å². The number of hydrogen-bond acceptors (Lipinski definition) is 1. The van der Waals surface area contributed by atoms with Gasteiger partial charge in [-0.1, -0.05) is 87.6 Å². The van der Waals surface area contributed by atoms with Gasteiger partial charge in [0.2, 0.25) is 0 Å². The fraction of sp³-hybridized carbons (Fsp3) is 0.667. The van der Waals surface area contributed by atoms with Gasteiger partial charge in [0.15, 0.2) is 0 Å². The molecule has 0 atom stereocenters. The van der Waals surface area contributed by atoms with E-state index in [-0.39, 0.29) is 0 Å². The summed E-state index contributed by atoms with van der Waals surface area (Å²) in [6, 6.07) is 7.14. The molecule has 0 aromatic heterocycles. The minimum atomic E-state index is -5.85. The van der Waals surface area contributed by atoms with Gasteiger partial charge in [-0.25, -0.2) is 0 Å². The van der Waals surface area contributed by atoms with Crippen LogP contribution in [0, 0.1) is 0 Å². The maximum Gasteiger partial charge on any atom is 0.430 e. The van der Waals surface area contributed by atoms with Crippen LogP contribution >= 0.6 is 0 Å². The van der Waals surface area contributed by atoms with Crippen LogP contribution in [0.5, 0.6) is 0 Å². The summed E-state index contributed by atoms with van der Waals surface area (Å²) in [6.07, 6.45) is -8.94. The minimum absolute atomic E-state index is 0.791. The molecule has 0 bridgehead atoms. The largest absolute Gasteiger partial charge is 0.430 e. The van der Waals surface area contributed by atoms with E-state index >= 15 is 0 Å². The van der Waals surface area contributed by atoms with Gasteiger partial charge in [-0.3, -0.25) is 0 Å². The number of halogens is 6. The molecule has 0 spiro atoms. The summed E-state index contributed by atoms with van der Waals surface area (Å²) in [4.78, 5) is 0. The molecule has 1 aromatic carbocycles. The quantitative estimate of drug-likeness (QED) is 0.426. The van der Waals surface area contributed by atoms with Crippen molar-refractivity contribution in [2.24, 2.45) is 0 Å². The molecule has 8 heteroatoms. The molecule has 150 valence electrons. The van der Waals surface area contributed by atoms with E-state index in [1.807, 2.05) is 20.8 Å². The van der Waals surface area contributed by atoms with Crippen molar-refractivity contribution in [3.63, 3.8) is 0 Å². The van der Waals surface area contributed by atoms with Crippen LogP contribution in [0.3, 0.4) is 0 Å². The zero-order valence-electron chi connectivity index (χ0n) is 15.3. The fourth-order valence-corrected chi connectivity index (χ4v) is 9.16. The molecule has 1 aromatic rings. The predicted octanol–water partition coefficient (Wildman–Crippen LogP) is 5.88. The lowest BCUT2D eigenvalue weighted by atomic mass is 9.92. The molecular weight excluding hydrogens is 374 g/mol. The van der Waals surface area contributed by atoms with E-state index < -0.39 is 31.6 Å². The van der Waals surface area contributed by atoms with Crippen molar-refractivity contribution in [1.29, 1.82) is 0 Å². The van der Waals surface area contributed by atoms with Crippen molar-refractivity contribution < 1.29 is 31.4 Å². The van der Waals surface area contributed by atoms with Crippen LogP contribution in [-0.4, -0.2) is 25.5 Å². The molecule has 0 amide bonds. The summed E-state index contributed by atoms with van der Waals surface area (Å²) in [5.41, 5.74) is -6.04. The molecule has 0 fully saturated rings. The van der Waals surface area contributed by atoms with Crippen LogP contribution in [0.25, 0.3) is 0 Å². The highest BCUT2D eigenvalue weighted by atomic mass is 28.3. The molecule has 1 nitrogen and oxygen atoms in total. The van der Waals surface area contributed by atoms with Crippen LogP contribution in [0.15, 0.2) is 24.3 Å². The summed E-state index contributed by atoms with van der Waals surface area (Å²) in [5.74, 6) is 0. The van der Waals surface area contributed by atoms with Gasteiger partial charge >= 0.3 is 12.4 Å². The third-order valence-electron chi connectivity index (χ3n) is 4.92. The van der Waals surface area contributed by atoms with E-state index in [1.54, 1.807) is 0 Å². The third kappa shape index (κ3) is 4.27. The Morgan fingerprint density at radius 1 is 0.731 bits per heavy atom. The molecule has 0 aliphatic rings. The number of hydrogen-bond donors (Lipinski definition) is 1. The smallest absolute Gasteiger partial charge is 0.369 e. The van der Waals surface area contributed by atoms with Crippen molar-refractivity contribution in [3.8, 4) is 0 Å². The number of rotatable bonds is 8. The summed E-state index contributed by atoms with van der Waals surface area (Å²) < 4.78 is 78.1. The molecule has 0 saturated heterocycles. The van der Waals surface area contributed by atoms with E-state index in [1.165, 1.54) is 12.1 Å². The summed E-state index contributed by atoms with van der Waals surface area (Å²) >= 11 is 0. The van der Waals surface area contributed by atoms with Crippen molar-refractivity contribution in [1.82, 2.24) is 0 Å². The molecular formula is C18H26F6OSi.